The molecule has 0 heterocycles. The Morgan fingerprint density at radius 1 is 0.500 bits per heavy atom. The second-order valence-electron chi connectivity index (χ2n) is 0. The van der Waals surface area contributed by atoms with Crippen LogP contribution in [0.5, 0.6) is 0 Å². The first-order valence-electron chi connectivity index (χ1n) is 0. The van der Waals surface area contributed by atoms with Crippen molar-refractivity contribution in [3.8, 4) is 0 Å². The topological polar surface area (TPSA) is 0 Å². The van der Waals surface area contributed by atoms with Crippen molar-refractivity contribution in [3.63, 3.8) is 0 Å². The van der Waals surface area contributed by atoms with E-state index in [9.17, 15) is 0 Å². The maximum Gasteiger partial charge on any atom is 0 e. The molecule has 0 spiro atoms. The average Bonchev–Trinajstić information content (AvgIpc) is 0. The van der Waals surface area contributed by atoms with Crippen LogP contribution in [0.1, 0.15) is 0 Å². The Kier molecular flexibility index (Phi) is 594. The van der Waals surface area contributed by atoms with Crippen LogP contribution in [-0.2, 0) is 44.1 Å². The van der Waals surface area contributed by atoms with Crippen LogP contribution in [0.3, 0.4) is 0 Å². The Morgan fingerprint density at radius 3 is 0.500 bits per heavy atom. The molecule has 0 atom stereocenters. The summed E-state index contributed by atoms with van der Waals surface area (Å²) in [4.78, 5) is 0. The molecule has 0 aliphatic heterocycles. The van der Waals surface area contributed by atoms with Crippen molar-refractivity contribution in [1.82, 2.24) is 0 Å². The molecule has 0 aromatic heterocycles. The van der Waals surface area contributed by atoms with Crippen LogP contribution in [-0.4, -0.2) is 0 Å². The van der Waals surface area contributed by atoms with E-state index in [1.54, 1.807) is 0 Å². The molecule has 0 nitrogen and oxygen atoms in total. The Bertz CT molecular complexity index is 7.51. The Balaban J connectivity index is 0. The predicted molar refractivity (Wildman–Crippen MR) is 29.0 cm³/mol. The van der Waals surface area contributed by atoms with Gasteiger partial charge >= 0.3 is 0 Å². The summed E-state index contributed by atoms with van der Waals surface area (Å²) in [5.41, 5.74) is 0. The fraction of sp³-hybridized carbons (Fsp3) is 0. The van der Waals surface area contributed by atoms with Crippen molar-refractivity contribution in [2.45, 2.75) is 0 Å². The van der Waals surface area contributed by atoms with Gasteiger partial charge in [0.1, 0.15) is 0 Å². The molecule has 1 radical (unpaired) electrons. The minimum atomic E-state index is 0. The number of hydrogen-bond donors (Lipinski definition) is 0. The van der Waals surface area contributed by atoms with E-state index in [1.807, 2.05) is 0 Å². The first kappa shape index (κ1) is 73.1. The molecular formula is H4Cl4TaTi. The number of halogens is 4. The standard InChI is InChI=1S/4ClH.Ta.Ti/h4*1H;;. The van der Waals surface area contributed by atoms with Crippen LogP contribution >= 0.6 is 49.6 Å². The van der Waals surface area contributed by atoms with Gasteiger partial charge in [0.2, 0.25) is 0 Å². The third-order valence-corrected chi connectivity index (χ3v) is 0. The molecule has 0 bridgehead atoms. The Morgan fingerprint density at radius 2 is 0.500 bits per heavy atom. The van der Waals surface area contributed by atoms with Gasteiger partial charge in [-0.15, -0.1) is 49.6 Å². The molecule has 0 aromatic rings. The fourth-order valence-electron chi connectivity index (χ4n) is 0. The SMILES string of the molecule is Cl.Cl.Cl.Cl.[Ta].[Ti]. The van der Waals surface area contributed by atoms with Gasteiger partial charge in [0.15, 0.2) is 0 Å². The minimum Gasteiger partial charge on any atom is -0.147 e. The molecule has 41 valence electrons. The second-order valence-corrected chi connectivity index (χ2v) is 0. The van der Waals surface area contributed by atoms with Crippen molar-refractivity contribution in [1.29, 1.82) is 0 Å². The maximum absolute atomic E-state index is 0. The number of hydrogen-bond acceptors (Lipinski definition) is 0. The van der Waals surface area contributed by atoms with E-state index in [0.717, 1.165) is 0 Å². The molecule has 6 heavy (non-hydrogen) atoms. The smallest absolute Gasteiger partial charge is 0 e. The summed E-state index contributed by atoms with van der Waals surface area (Å²) in [5.74, 6) is 0. The van der Waals surface area contributed by atoms with Crippen LogP contribution < -0.4 is 0 Å². The van der Waals surface area contributed by atoms with Crippen LogP contribution in [0.15, 0.2) is 0 Å². The predicted octanol–water partition coefficient (Wildman–Crippen LogP) is 1.68. The molecule has 0 amide bonds. The normalized spacial score (nSPS) is 0. The third-order valence-electron chi connectivity index (χ3n) is 0. The van der Waals surface area contributed by atoms with E-state index >= 15 is 0 Å². The fourth-order valence-corrected chi connectivity index (χ4v) is 0. The second kappa shape index (κ2) is 48.7. The van der Waals surface area contributed by atoms with Gasteiger partial charge in [0, 0.05) is 44.1 Å². The molecule has 0 N–H and O–H groups in total. The van der Waals surface area contributed by atoms with E-state index in [4.69, 9.17) is 0 Å². The molecule has 0 unspecified atom stereocenters. The van der Waals surface area contributed by atoms with Gasteiger partial charge in [-0.2, -0.15) is 0 Å². The zero-order valence-electron chi connectivity index (χ0n) is 2.58. The zero-order valence-corrected chi connectivity index (χ0v) is 10.6. The molecule has 0 saturated carbocycles. The summed E-state index contributed by atoms with van der Waals surface area (Å²) in [6.07, 6.45) is 0. The quantitative estimate of drug-likeness (QED) is 0.566. The van der Waals surface area contributed by atoms with Gasteiger partial charge in [-0.3, -0.25) is 0 Å². The monoisotopic (exact) mass is 373 g/mol. The Hall–Kier alpha value is 2.61. The van der Waals surface area contributed by atoms with Crippen molar-refractivity contribution < 1.29 is 44.1 Å². The number of rotatable bonds is 0. The van der Waals surface area contributed by atoms with Gasteiger partial charge in [-0.1, -0.05) is 0 Å². The van der Waals surface area contributed by atoms with E-state index in [0.29, 0.717) is 0 Å². The summed E-state index contributed by atoms with van der Waals surface area (Å²) < 4.78 is 0. The summed E-state index contributed by atoms with van der Waals surface area (Å²) in [7, 11) is 0. The molecule has 0 aromatic carbocycles. The molecular weight excluding hydrogens is 371 g/mol. The summed E-state index contributed by atoms with van der Waals surface area (Å²) >= 11 is 0. The van der Waals surface area contributed by atoms with Gasteiger partial charge < -0.3 is 0 Å². The van der Waals surface area contributed by atoms with E-state index in [2.05, 4.69) is 0 Å². The maximum atomic E-state index is 0. The van der Waals surface area contributed by atoms with Gasteiger partial charge in [0.25, 0.3) is 0 Å². The molecule has 0 saturated heterocycles. The van der Waals surface area contributed by atoms with E-state index in [1.165, 1.54) is 0 Å². The van der Waals surface area contributed by atoms with Crippen LogP contribution in [0.4, 0.5) is 0 Å². The molecule has 0 fully saturated rings. The largest absolute Gasteiger partial charge is 0.147 e. The molecule has 0 rings (SSSR count). The first-order chi connectivity index (χ1) is 0. The van der Waals surface area contributed by atoms with Crippen molar-refractivity contribution in [2.24, 2.45) is 0 Å². The van der Waals surface area contributed by atoms with E-state index < -0.39 is 0 Å². The minimum absolute atomic E-state index is 0. The summed E-state index contributed by atoms with van der Waals surface area (Å²) in [6.45, 7) is 0. The molecule has 6 heteroatoms. The van der Waals surface area contributed by atoms with Gasteiger partial charge in [-0.25, -0.2) is 0 Å². The van der Waals surface area contributed by atoms with Crippen LogP contribution in [0.2, 0.25) is 0 Å². The van der Waals surface area contributed by atoms with Crippen molar-refractivity contribution in [2.75, 3.05) is 0 Å². The summed E-state index contributed by atoms with van der Waals surface area (Å²) in [6, 6.07) is 0. The van der Waals surface area contributed by atoms with Crippen LogP contribution in [0.25, 0.3) is 0 Å². The zero-order chi connectivity index (χ0) is 0. The van der Waals surface area contributed by atoms with Crippen molar-refractivity contribution in [3.05, 3.63) is 0 Å². The Labute approximate surface area is 92.6 Å². The molecule has 0 aliphatic carbocycles. The van der Waals surface area contributed by atoms with Gasteiger partial charge in [-0.05, 0) is 0 Å². The molecule has 0 aliphatic rings. The van der Waals surface area contributed by atoms with Crippen molar-refractivity contribution >= 4 is 49.6 Å². The summed E-state index contributed by atoms with van der Waals surface area (Å²) in [5, 5.41) is 0. The third kappa shape index (κ3) is 30.5. The average molecular weight is 375 g/mol. The van der Waals surface area contributed by atoms with Gasteiger partial charge in [0.05, 0.1) is 0 Å². The van der Waals surface area contributed by atoms with Crippen LogP contribution in [0, 0.1) is 0 Å². The first-order valence-corrected chi connectivity index (χ1v) is 0. The van der Waals surface area contributed by atoms with E-state index in [-0.39, 0.29) is 93.7 Å².